The van der Waals surface area contributed by atoms with Gasteiger partial charge >= 0.3 is 0 Å². The van der Waals surface area contributed by atoms with Crippen LogP contribution in [0.1, 0.15) is 38.9 Å². The van der Waals surface area contributed by atoms with Crippen molar-refractivity contribution in [3.05, 3.63) is 28.8 Å². The number of aliphatic hydroxyl groups is 1. The smallest absolute Gasteiger partial charge is 0.0762 e. The van der Waals surface area contributed by atoms with Gasteiger partial charge in [0.25, 0.3) is 0 Å². The molecule has 2 nitrogen and oxygen atoms in total. The maximum absolute atomic E-state index is 9.46. The lowest BCUT2D eigenvalue weighted by molar-refractivity contribution is 0.199. The highest BCUT2D eigenvalue weighted by atomic mass is 35.5. The first-order chi connectivity index (χ1) is 7.47. The van der Waals surface area contributed by atoms with Crippen LogP contribution >= 0.6 is 11.6 Å². The normalized spacial score (nSPS) is 14.6. The molecular formula is C13H20ClNO. The molecule has 0 spiro atoms. The highest BCUT2D eigenvalue weighted by Crippen LogP contribution is 2.29. The van der Waals surface area contributed by atoms with Gasteiger partial charge in [-0.1, -0.05) is 24.6 Å². The lowest BCUT2D eigenvalue weighted by Gasteiger charge is -2.27. The molecule has 3 heteroatoms. The van der Waals surface area contributed by atoms with Crippen LogP contribution in [0, 0.1) is 0 Å². The molecule has 2 atom stereocenters. The van der Waals surface area contributed by atoms with Crippen molar-refractivity contribution in [2.45, 2.75) is 39.3 Å². The fourth-order valence-electron chi connectivity index (χ4n) is 1.58. The summed E-state index contributed by atoms with van der Waals surface area (Å²) >= 11 is 6.22. The molecule has 90 valence electrons. The fraction of sp³-hybridized carbons (Fsp3) is 0.538. The van der Waals surface area contributed by atoms with Crippen LogP contribution in [0.5, 0.6) is 0 Å². The van der Waals surface area contributed by atoms with Crippen LogP contribution in [0.15, 0.2) is 18.2 Å². The van der Waals surface area contributed by atoms with Gasteiger partial charge in [-0.2, -0.15) is 0 Å². The summed E-state index contributed by atoms with van der Waals surface area (Å²) in [6, 6.07) is 6.18. The van der Waals surface area contributed by atoms with Crippen LogP contribution in [0.2, 0.25) is 5.02 Å². The molecule has 1 aromatic rings. The number of aliphatic hydroxyl groups excluding tert-OH is 1. The van der Waals surface area contributed by atoms with Crippen molar-refractivity contribution in [2.75, 3.05) is 11.9 Å². The standard InChI is InChI=1S/C13H20ClNO/c1-5-9(2)15(4)13-7-6-11(10(3)16)8-12(13)14/h6-10,16H,5H2,1-4H3/t9?,10-/m1/s1. The molecular weight excluding hydrogens is 222 g/mol. The molecule has 0 radical (unpaired) electrons. The number of hydrogen-bond acceptors (Lipinski definition) is 2. The quantitative estimate of drug-likeness (QED) is 0.870. The van der Waals surface area contributed by atoms with Gasteiger partial charge in [-0.3, -0.25) is 0 Å². The first kappa shape index (κ1) is 13.3. The molecule has 1 N–H and O–H groups in total. The first-order valence-corrected chi connectivity index (χ1v) is 6.05. The highest BCUT2D eigenvalue weighted by molar-refractivity contribution is 6.33. The van der Waals surface area contributed by atoms with Gasteiger partial charge in [0, 0.05) is 13.1 Å². The molecule has 1 unspecified atom stereocenters. The van der Waals surface area contributed by atoms with Crippen LogP contribution in [0.4, 0.5) is 5.69 Å². The van der Waals surface area contributed by atoms with Crippen molar-refractivity contribution in [1.29, 1.82) is 0 Å². The second-order valence-electron chi connectivity index (χ2n) is 4.25. The molecule has 16 heavy (non-hydrogen) atoms. The molecule has 0 heterocycles. The minimum Gasteiger partial charge on any atom is -0.389 e. The van der Waals surface area contributed by atoms with Gasteiger partial charge in [0.1, 0.15) is 0 Å². The molecule has 0 fully saturated rings. The van der Waals surface area contributed by atoms with Gasteiger partial charge in [0.15, 0.2) is 0 Å². The van der Waals surface area contributed by atoms with E-state index in [1.807, 2.05) is 25.2 Å². The van der Waals surface area contributed by atoms with Crippen molar-refractivity contribution < 1.29 is 5.11 Å². The van der Waals surface area contributed by atoms with Crippen LogP contribution < -0.4 is 4.90 Å². The summed E-state index contributed by atoms with van der Waals surface area (Å²) in [6.07, 6.45) is 0.603. The number of halogens is 1. The SMILES string of the molecule is CCC(C)N(C)c1ccc([C@@H](C)O)cc1Cl. The predicted molar refractivity (Wildman–Crippen MR) is 70.2 cm³/mol. The van der Waals surface area contributed by atoms with Gasteiger partial charge in [0.2, 0.25) is 0 Å². The van der Waals surface area contributed by atoms with Crippen molar-refractivity contribution in [2.24, 2.45) is 0 Å². The number of nitrogens with zero attached hydrogens (tertiary/aromatic N) is 1. The number of rotatable bonds is 4. The summed E-state index contributed by atoms with van der Waals surface area (Å²) in [7, 11) is 2.04. The second kappa shape index (κ2) is 5.55. The third-order valence-electron chi connectivity index (χ3n) is 3.09. The zero-order chi connectivity index (χ0) is 12.3. The third kappa shape index (κ3) is 2.89. The zero-order valence-corrected chi connectivity index (χ0v) is 11.1. The first-order valence-electron chi connectivity index (χ1n) is 5.67. The Labute approximate surface area is 103 Å². The van der Waals surface area contributed by atoms with Crippen LogP contribution in [-0.4, -0.2) is 18.2 Å². The summed E-state index contributed by atoms with van der Waals surface area (Å²) in [5, 5.41) is 10.2. The lowest BCUT2D eigenvalue weighted by atomic mass is 10.1. The maximum atomic E-state index is 9.46. The van der Waals surface area contributed by atoms with Crippen LogP contribution in [0.3, 0.4) is 0 Å². The molecule has 1 aromatic carbocycles. The molecule has 0 aromatic heterocycles. The monoisotopic (exact) mass is 241 g/mol. The lowest BCUT2D eigenvalue weighted by Crippen LogP contribution is -2.28. The van der Waals surface area contributed by atoms with Crippen molar-refractivity contribution in [1.82, 2.24) is 0 Å². The Morgan fingerprint density at radius 2 is 2.00 bits per heavy atom. The molecule has 1 rings (SSSR count). The number of benzene rings is 1. The van der Waals surface area contributed by atoms with E-state index in [0.717, 1.165) is 17.7 Å². The van der Waals surface area contributed by atoms with E-state index >= 15 is 0 Å². The zero-order valence-electron chi connectivity index (χ0n) is 10.4. The van der Waals surface area contributed by atoms with Gasteiger partial charge in [-0.05, 0) is 38.0 Å². The summed E-state index contributed by atoms with van der Waals surface area (Å²) in [5.41, 5.74) is 1.87. The van der Waals surface area contributed by atoms with E-state index in [4.69, 9.17) is 11.6 Å². The Hall–Kier alpha value is -0.730. The van der Waals surface area contributed by atoms with Crippen LogP contribution in [-0.2, 0) is 0 Å². The summed E-state index contributed by atoms with van der Waals surface area (Å²) < 4.78 is 0. The van der Waals surface area contributed by atoms with Gasteiger partial charge in [0.05, 0.1) is 16.8 Å². The Balaban J connectivity index is 2.99. The van der Waals surface area contributed by atoms with E-state index in [1.54, 1.807) is 6.92 Å². The Morgan fingerprint density at radius 1 is 1.38 bits per heavy atom. The maximum Gasteiger partial charge on any atom is 0.0762 e. The molecule has 0 aliphatic heterocycles. The second-order valence-corrected chi connectivity index (χ2v) is 4.66. The van der Waals surface area contributed by atoms with E-state index in [-0.39, 0.29) is 0 Å². The highest BCUT2D eigenvalue weighted by Gasteiger charge is 2.12. The minimum absolute atomic E-state index is 0.454. The minimum atomic E-state index is -0.472. The molecule has 0 aliphatic carbocycles. The largest absolute Gasteiger partial charge is 0.389 e. The Morgan fingerprint density at radius 3 is 2.44 bits per heavy atom. The Bertz CT molecular complexity index is 352. The molecule has 0 aliphatic rings. The number of anilines is 1. The summed E-state index contributed by atoms with van der Waals surface area (Å²) in [5.74, 6) is 0. The van der Waals surface area contributed by atoms with Crippen LogP contribution in [0.25, 0.3) is 0 Å². The molecule has 0 bridgehead atoms. The predicted octanol–water partition coefficient (Wildman–Crippen LogP) is 3.63. The topological polar surface area (TPSA) is 23.5 Å². The van der Waals surface area contributed by atoms with E-state index in [1.165, 1.54) is 0 Å². The average molecular weight is 242 g/mol. The Kier molecular flexibility index (Phi) is 4.63. The molecule has 0 saturated carbocycles. The summed E-state index contributed by atoms with van der Waals surface area (Å²) in [4.78, 5) is 2.16. The molecule has 0 saturated heterocycles. The van der Waals surface area contributed by atoms with E-state index in [0.29, 0.717) is 11.1 Å². The van der Waals surface area contributed by atoms with Gasteiger partial charge in [-0.25, -0.2) is 0 Å². The third-order valence-corrected chi connectivity index (χ3v) is 3.39. The van der Waals surface area contributed by atoms with E-state index < -0.39 is 6.10 Å². The van der Waals surface area contributed by atoms with Crippen molar-refractivity contribution in [3.63, 3.8) is 0 Å². The van der Waals surface area contributed by atoms with Crippen molar-refractivity contribution >= 4 is 17.3 Å². The van der Waals surface area contributed by atoms with Crippen molar-refractivity contribution in [3.8, 4) is 0 Å². The van der Waals surface area contributed by atoms with E-state index in [2.05, 4.69) is 18.7 Å². The van der Waals surface area contributed by atoms with Gasteiger partial charge < -0.3 is 10.0 Å². The van der Waals surface area contributed by atoms with Gasteiger partial charge in [-0.15, -0.1) is 0 Å². The molecule has 0 amide bonds. The van der Waals surface area contributed by atoms with E-state index in [9.17, 15) is 5.11 Å². The number of hydrogen-bond donors (Lipinski definition) is 1. The fourth-order valence-corrected chi connectivity index (χ4v) is 1.90. The summed E-state index contributed by atoms with van der Waals surface area (Å²) in [6.45, 7) is 6.06. The average Bonchev–Trinajstić information content (AvgIpc) is 2.26.